The van der Waals surface area contributed by atoms with Crippen LogP contribution in [0.2, 0.25) is 5.02 Å². The number of nitrogens with one attached hydrogen (secondary N) is 1. The Morgan fingerprint density at radius 2 is 1.84 bits per heavy atom. The smallest absolute Gasteiger partial charge is 0.227 e. The van der Waals surface area contributed by atoms with Gasteiger partial charge in [0.2, 0.25) is 11.1 Å². The Labute approximate surface area is 276 Å². The number of fused-ring (bicyclic) bond motifs is 1. The molecule has 44 heavy (non-hydrogen) atoms. The molecule has 0 amide bonds. The van der Waals surface area contributed by atoms with Gasteiger partial charge in [-0.1, -0.05) is 116 Å². The van der Waals surface area contributed by atoms with Gasteiger partial charge in [0.05, 0.1) is 0 Å². The molecule has 1 aliphatic heterocycles. The van der Waals surface area contributed by atoms with Crippen LogP contribution in [0.5, 0.6) is 5.75 Å². The van der Waals surface area contributed by atoms with Gasteiger partial charge in [0, 0.05) is 38.5 Å². The van der Waals surface area contributed by atoms with Crippen molar-refractivity contribution < 1.29 is 9.53 Å². The first-order valence-electron chi connectivity index (χ1n) is 14.8. The maximum Gasteiger partial charge on any atom is 0.227 e. The lowest BCUT2D eigenvalue weighted by atomic mass is 9.73. The zero-order valence-corrected chi connectivity index (χ0v) is 28.7. The number of Topliss-reactive ketones (excluding diaryl/α,β-unsaturated/α-hetero) is 1. The monoisotopic (exact) mass is 690 g/mol. The molecular formula is C35H36BrClN4O2S. The van der Waals surface area contributed by atoms with Gasteiger partial charge in [-0.15, -0.1) is 5.10 Å². The third-order valence-corrected chi connectivity index (χ3v) is 9.86. The highest BCUT2D eigenvalue weighted by Crippen LogP contribution is 2.48. The van der Waals surface area contributed by atoms with Crippen molar-refractivity contribution in [3.8, 4) is 5.75 Å². The van der Waals surface area contributed by atoms with Gasteiger partial charge in [0.15, 0.2) is 5.78 Å². The van der Waals surface area contributed by atoms with Crippen molar-refractivity contribution >= 4 is 51.0 Å². The quantitative estimate of drug-likeness (QED) is 0.195. The summed E-state index contributed by atoms with van der Waals surface area (Å²) in [7, 11) is 0. The van der Waals surface area contributed by atoms with Crippen molar-refractivity contribution in [3.63, 3.8) is 0 Å². The molecule has 2 heterocycles. The van der Waals surface area contributed by atoms with Gasteiger partial charge in [0.25, 0.3) is 0 Å². The van der Waals surface area contributed by atoms with Gasteiger partial charge in [0.1, 0.15) is 18.4 Å². The number of nitrogens with zero attached hydrogens (tertiary/aromatic N) is 3. The van der Waals surface area contributed by atoms with Crippen LogP contribution in [0.1, 0.15) is 75.8 Å². The van der Waals surface area contributed by atoms with Crippen LogP contribution in [0.4, 0.5) is 5.95 Å². The lowest BCUT2D eigenvalue weighted by Gasteiger charge is -2.38. The number of rotatable bonds is 7. The van der Waals surface area contributed by atoms with Crippen LogP contribution in [-0.4, -0.2) is 20.5 Å². The van der Waals surface area contributed by atoms with Crippen LogP contribution in [0, 0.1) is 5.41 Å². The molecule has 6 rings (SSSR count). The molecule has 0 fully saturated rings. The van der Waals surface area contributed by atoms with Crippen molar-refractivity contribution in [2.75, 3.05) is 5.32 Å². The molecule has 2 aliphatic rings. The normalized spacial score (nSPS) is 17.6. The van der Waals surface area contributed by atoms with Crippen molar-refractivity contribution in [2.45, 2.75) is 76.4 Å². The van der Waals surface area contributed by atoms with E-state index in [2.05, 4.69) is 80.1 Å². The summed E-state index contributed by atoms with van der Waals surface area (Å²) >= 11 is 11.6. The Balaban J connectivity index is 1.37. The molecule has 1 N–H and O–H groups in total. The van der Waals surface area contributed by atoms with Gasteiger partial charge in [-0.25, -0.2) is 4.68 Å². The van der Waals surface area contributed by atoms with Crippen LogP contribution < -0.4 is 10.1 Å². The Hall–Kier alpha value is -3.07. The fraction of sp³-hybridized carbons (Fsp3) is 0.343. The molecule has 0 saturated carbocycles. The second kappa shape index (κ2) is 12.0. The Morgan fingerprint density at radius 1 is 1.09 bits per heavy atom. The highest BCUT2D eigenvalue weighted by molar-refractivity contribution is 9.10. The third kappa shape index (κ3) is 6.49. The molecule has 1 atom stereocenters. The molecule has 1 unspecified atom stereocenters. The van der Waals surface area contributed by atoms with Crippen molar-refractivity contribution in [3.05, 3.63) is 110 Å². The summed E-state index contributed by atoms with van der Waals surface area (Å²) in [4.78, 5) is 18.7. The fourth-order valence-corrected chi connectivity index (χ4v) is 7.32. The minimum Gasteiger partial charge on any atom is -0.489 e. The summed E-state index contributed by atoms with van der Waals surface area (Å²) in [6.07, 6.45) is 1.20. The van der Waals surface area contributed by atoms with E-state index in [0.29, 0.717) is 40.7 Å². The SMILES string of the molecule is CC1(C)CC(=O)C2=C(C1)Nc1nc(SCc3ccccc3Cl)nn1C2c1cc(Br)ccc1OCc1ccc(C(C)(C)C)cc1. The minimum atomic E-state index is -0.484. The molecule has 9 heteroatoms. The molecule has 0 saturated heterocycles. The van der Waals surface area contributed by atoms with Crippen molar-refractivity contribution in [1.29, 1.82) is 0 Å². The van der Waals surface area contributed by atoms with Gasteiger partial charge in [-0.3, -0.25) is 4.79 Å². The highest BCUT2D eigenvalue weighted by Gasteiger charge is 2.43. The van der Waals surface area contributed by atoms with E-state index in [1.807, 2.05) is 47.1 Å². The average molecular weight is 692 g/mol. The number of hydrogen-bond acceptors (Lipinski definition) is 6. The molecule has 0 spiro atoms. The first-order chi connectivity index (χ1) is 20.9. The number of aromatic nitrogens is 3. The van der Waals surface area contributed by atoms with Crippen LogP contribution in [0.15, 0.2) is 87.6 Å². The topological polar surface area (TPSA) is 69.0 Å². The van der Waals surface area contributed by atoms with E-state index in [9.17, 15) is 4.79 Å². The lowest BCUT2D eigenvalue weighted by Crippen LogP contribution is -2.36. The van der Waals surface area contributed by atoms with Crippen LogP contribution in [-0.2, 0) is 22.6 Å². The molecule has 0 radical (unpaired) electrons. The lowest BCUT2D eigenvalue weighted by molar-refractivity contribution is -0.118. The van der Waals surface area contributed by atoms with Crippen molar-refractivity contribution in [2.24, 2.45) is 5.41 Å². The Morgan fingerprint density at radius 3 is 2.57 bits per heavy atom. The highest BCUT2D eigenvalue weighted by atomic mass is 79.9. The summed E-state index contributed by atoms with van der Waals surface area (Å²) in [6.45, 7) is 11.3. The first kappa shape index (κ1) is 30.9. The molecule has 228 valence electrons. The number of ether oxygens (including phenoxy) is 1. The van der Waals surface area contributed by atoms with E-state index in [1.54, 1.807) is 0 Å². The number of carbonyl (C=O) groups excluding carboxylic acids is 1. The first-order valence-corrected chi connectivity index (χ1v) is 16.9. The zero-order chi connectivity index (χ0) is 31.2. The maximum absolute atomic E-state index is 13.8. The largest absolute Gasteiger partial charge is 0.489 e. The molecule has 1 aliphatic carbocycles. The minimum absolute atomic E-state index is 0.0831. The second-order valence-electron chi connectivity index (χ2n) is 13.3. The van der Waals surface area contributed by atoms with Crippen molar-refractivity contribution in [1.82, 2.24) is 14.8 Å². The van der Waals surface area contributed by atoms with Gasteiger partial charge in [-0.2, -0.15) is 4.98 Å². The summed E-state index contributed by atoms with van der Waals surface area (Å²) in [5.74, 6) is 2.07. The summed E-state index contributed by atoms with van der Waals surface area (Å²) < 4.78 is 9.24. The van der Waals surface area contributed by atoms with E-state index in [4.69, 9.17) is 26.4 Å². The average Bonchev–Trinajstić information content (AvgIpc) is 3.36. The number of benzene rings is 3. The predicted molar refractivity (Wildman–Crippen MR) is 181 cm³/mol. The van der Waals surface area contributed by atoms with Crippen LogP contribution in [0.3, 0.4) is 0 Å². The molecule has 6 nitrogen and oxygen atoms in total. The molecule has 4 aromatic rings. The number of carbonyl (C=O) groups is 1. The molecule has 3 aromatic carbocycles. The fourth-order valence-electron chi connectivity index (χ4n) is 5.82. The summed E-state index contributed by atoms with van der Waals surface area (Å²) in [6, 6.07) is 21.8. The number of ketones is 1. The zero-order valence-electron chi connectivity index (χ0n) is 25.6. The van der Waals surface area contributed by atoms with Crippen LogP contribution >= 0.6 is 39.3 Å². The number of hydrogen-bond donors (Lipinski definition) is 1. The van der Waals surface area contributed by atoms with Gasteiger partial charge >= 0.3 is 0 Å². The second-order valence-corrected chi connectivity index (χ2v) is 15.6. The van der Waals surface area contributed by atoms with E-state index in [0.717, 1.165) is 38.9 Å². The Kier molecular flexibility index (Phi) is 8.46. The molecular weight excluding hydrogens is 656 g/mol. The van der Waals surface area contributed by atoms with Gasteiger partial charge < -0.3 is 10.1 Å². The molecule has 1 aromatic heterocycles. The third-order valence-electron chi connectivity index (χ3n) is 8.11. The van der Waals surface area contributed by atoms with E-state index < -0.39 is 6.04 Å². The number of anilines is 1. The van der Waals surface area contributed by atoms with Crippen LogP contribution in [0.25, 0.3) is 0 Å². The van der Waals surface area contributed by atoms with E-state index in [-0.39, 0.29) is 16.6 Å². The Bertz CT molecular complexity index is 1760. The number of thioether (sulfide) groups is 1. The molecule has 0 bridgehead atoms. The van der Waals surface area contributed by atoms with E-state index in [1.165, 1.54) is 17.3 Å². The van der Waals surface area contributed by atoms with Gasteiger partial charge in [-0.05, 0) is 58.2 Å². The van der Waals surface area contributed by atoms with E-state index >= 15 is 0 Å². The number of halogens is 2. The summed E-state index contributed by atoms with van der Waals surface area (Å²) in [5, 5.41) is 9.75. The summed E-state index contributed by atoms with van der Waals surface area (Å²) in [5.41, 5.74) is 5.79. The standard InChI is InChI=1S/C35H36BrClN4O2S/c1-34(2,3)23-12-10-21(11-13-23)19-43-29-15-14-24(36)16-25(29)31-30-27(17-35(4,5)18-28(30)42)38-32-39-33(40-41(31)32)44-20-22-8-6-7-9-26(22)37/h6-16,31H,17-20H2,1-5H3,(H,38,39,40). The number of allylic oxidation sites excluding steroid dienone is 2. The predicted octanol–water partition coefficient (Wildman–Crippen LogP) is 9.52. The maximum atomic E-state index is 13.8.